The number of ether oxygens (including phenoxy) is 2. The van der Waals surface area contributed by atoms with Crippen molar-refractivity contribution in [1.82, 2.24) is 5.32 Å². The lowest BCUT2D eigenvalue weighted by Gasteiger charge is -2.16. The van der Waals surface area contributed by atoms with Crippen LogP contribution in [-0.4, -0.2) is 24.6 Å². The Balaban J connectivity index is 1.76. The van der Waals surface area contributed by atoms with Gasteiger partial charge >= 0.3 is 5.97 Å². The quantitative estimate of drug-likeness (QED) is 0.714. The van der Waals surface area contributed by atoms with Gasteiger partial charge in [-0.15, -0.1) is 0 Å². The number of para-hydroxylation sites is 1. The van der Waals surface area contributed by atoms with Crippen LogP contribution in [0.4, 0.5) is 0 Å². The van der Waals surface area contributed by atoms with Crippen LogP contribution in [-0.2, 0) is 14.3 Å². The molecule has 25 heavy (non-hydrogen) atoms. The first-order valence-electron chi connectivity index (χ1n) is 7.89. The van der Waals surface area contributed by atoms with E-state index in [-0.39, 0.29) is 18.6 Å². The lowest BCUT2D eigenvalue weighted by atomic mass is 10.1. The van der Waals surface area contributed by atoms with E-state index in [2.05, 4.69) is 21.2 Å². The molecular formula is C19H20BrNO4. The Morgan fingerprint density at radius 2 is 1.68 bits per heavy atom. The van der Waals surface area contributed by atoms with Crippen molar-refractivity contribution in [3.8, 4) is 5.75 Å². The molecule has 2 rings (SSSR count). The van der Waals surface area contributed by atoms with E-state index in [0.29, 0.717) is 5.75 Å². The van der Waals surface area contributed by atoms with E-state index in [9.17, 15) is 9.59 Å². The second-order valence-electron chi connectivity index (χ2n) is 5.52. The van der Waals surface area contributed by atoms with E-state index in [0.717, 1.165) is 10.0 Å². The Kier molecular flexibility index (Phi) is 7.01. The summed E-state index contributed by atoms with van der Waals surface area (Å²) >= 11 is 3.37. The zero-order valence-electron chi connectivity index (χ0n) is 14.1. The lowest BCUT2D eigenvalue weighted by Crippen LogP contribution is -2.34. The molecule has 0 unspecified atom stereocenters. The maximum atomic E-state index is 11.9. The molecule has 2 atom stereocenters. The van der Waals surface area contributed by atoms with Gasteiger partial charge in [0.2, 0.25) is 0 Å². The van der Waals surface area contributed by atoms with E-state index < -0.39 is 12.1 Å². The van der Waals surface area contributed by atoms with Gasteiger partial charge in [0, 0.05) is 4.47 Å². The second kappa shape index (κ2) is 9.22. The summed E-state index contributed by atoms with van der Waals surface area (Å²) in [5.74, 6) is -0.383. The molecule has 5 nitrogen and oxygen atoms in total. The van der Waals surface area contributed by atoms with Gasteiger partial charge in [0.1, 0.15) is 5.75 Å². The van der Waals surface area contributed by atoms with Crippen molar-refractivity contribution in [3.05, 3.63) is 64.6 Å². The first kappa shape index (κ1) is 19.0. The molecule has 132 valence electrons. The molecule has 0 heterocycles. The fourth-order valence-electron chi connectivity index (χ4n) is 2.12. The van der Waals surface area contributed by atoms with Crippen LogP contribution in [0.2, 0.25) is 0 Å². The van der Waals surface area contributed by atoms with Gasteiger partial charge in [0.25, 0.3) is 5.91 Å². The fraction of sp³-hybridized carbons (Fsp3) is 0.263. The molecule has 0 aliphatic heterocycles. The Bertz CT molecular complexity index is 703. The van der Waals surface area contributed by atoms with Crippen LogP contribution >= 0.6 is 15.9 Å². The molecule has 1 N–H and O–H groups in total. The maximum absolute atomic E-state index is 11.9. The average Bonchev–Trinajstić information content (AvgIpc) is 2.61. The smallest absolute Gasteiger partial charge is 0.347 e. The van der Waals surface area contributed by atoms with Gasteiger partial charge in [-0.1, -0.05) is 46.3 Å². The minimum absolute atomic E-state index is 0.183. The molecule has 2 aromatic rings. The number of rotatable bonds is 7. The fourth-order valence-corrected chi connectivity index (χ4v) is 2.39. The largest absolute Gasteiger partial charge is 0.479 e. The molecule has 0 aromatic heterocycles. The highest BCUT2D eigenvalue weighted by atomic mass is 79.9. The number of carbonyl (C=O) groups excluding carboxylic acids is 2. The summed E-state index contributed by atoms with van der Waals surface area (Å²) in [5.41, 5.74) is 0.962. The van der Waals surface area contributed by atoms with Crippen LogP contribution in [0.25, 0.3) is 0 Å². The van der Waals surface area contributed by atoms with E-state index in [1.807, 2.05) is 49.4 Å². The van der Waals surface area contributed by atoms with Crippen LogP contribution in [0.3, 0.4) is 0 Å². The molecule has 1 amide bonds. The number of halogens is 1. The van der Waals surface area contributed by atoms with Gasteiger partial charge in [0.05, 0.1) is 6.04 Å². The Labute approximate surface area is 155 Å². The van der Waals surface area contributed by atoms with E-state index in [1.54, 1.807) is 19.1 Å². The molecule has 0 spiro atoms. The summed E-state index contributed by atoms with van der Waals surface area (Å²) in [6.07, 6.45) is -0.793. The topological polar surface area (TPSA) is 64.6 Å². The van der Waals surface area contributed by atoms with Gasteiger partial charge in [-0.05, 0) is 43.7 Å². The van der Waals surface area contributed by atoms with Crippen molar-refractivity contribution in [3.63, 3.8) is 0 Å². The first-order chi connectivity index (χ1) is 12.0. The summed E-state index contributed by atoms with van der Waals surface area (Å²) in [6.45, 7) is 3.10. The minimum atomic E-state index is -0.793. The first-order valence-corrected chi connectivity index (χ1v) is 8.68. The van der Waals surface area contributed by atoms with Gasteiger partial charge in [-0.3, -0.25) is 4.79 Å². The van der Waals surface area contributed by atoms with Crippen molar-refractivity contribution < 1.29 is 19.1 Å². The number of benzene rings is 2. The molecule has 0 saturated heterocycles. The standard InChI is InChI=1S/C19H20BrNO4/c1-13(15-8-10-16(20)11-9-15)21-18(22)12-24-19(23)14(2)25-17-6-4-3-5-7-17/h3-11,13-14H,12H2,1-2H3,(H,21,22)/t13-,14-/m0/s1. The highest BCUT2D eigenvalue weighted by Crippen LogP contribution is 2.16. The van der Waals surface area contributed by atoms with Crippen molar-refractivity contribution in [2.24, 2.45) is 0 Å². The van der Waals surface area contributed by atoms with Crippen molar-refractivity contribution in [2.75, 3.05) is 6.61 Å². The maximum Gasteiger partial charge on any atom is 0.347 e. The summed E-state index contributed by atoms with van der Waals surface area (Å²) < 4.78 is 11.4. The van der Waals surface area contributed by atoms with Crippen LogP contribution in [0.15, 0.2) is 59.1 Å². The second-order valence-corrected chi connectivity index (χ2v) is 6.44. The molecule has 0 aliphatic rings. The third-order valence-electron chi connectivity index (χ3n) is 3.48. The van der Waals surface area contributed by atoms with Crippen molar-refractivity contribution >= 4 is 27.8 Å². The van der Waals surface area contributed by atoms with Gasteiger partial charge in [0.15, 0.2) is 12.7 Å². The highest BCUT2D eigenvalue weighted by Gasteiger charge is 2.18. The SMILES string of the molecule is C[C@H](Oc1ccccc1)C(=O)OCC(=O)N[C@@H](C)c1ccc(Br)cc1. The molecule has 2 aromatic carbocycles. The summed E-state index contributed by atoms with van der Waals surface area (Å²) in [5, 5.41) is 2.79. The average molecular weight is 406 g/mol. The lowest BCUT2D eigenvalue weighted by molar-refractivity contribution is -0.154. The van der Waals surface area contributed by atoms with Crippen molar-refractivity contribution in [1.29, 1.82) is 0 Å². The predicted molar refractivity (Wildman–Crippen MR) is 98.2 cm³/mol. The van der Waals surface area contributed by atoms with Crippen LogP contribution in [0, 0.1) is 0 Å². The zero-order valence-corrected chi connectivity index (χ0v) is 15.7. The summed E-state index contributed by atoms with van der Waals surface area (Å²) in [7, 11) is 0. The van der Waals surface area contributed by atoms with Gasteiger partial charge < -0.3 is 14.8 Å². The number of hydrogen-bond donors (Lipinski definition) is 1. The van der Waals surface area contributed by atoms with Crippen LogP contribution < -0.4 is 10.1 Å². The molecular weight excluding hydrogens is 386 g/mol. The normalized spacial score (nSPS) is 12.8. The molecule has 0 fully saturated rings. The number of amides is 1. The zero-order chi connectivity index (χ0) is 18.2. The van der Waals surface area contributed by atoms with Crippen LogP contribution in [0.1, 0.15) is 25.5 Å². The minimum Gasteiger partial charge on any atom is -0.479 e. The Hall–Kier alpha value is -2.34. The summed E-state index contributed by atoms with van der Waals surface area (Å²) in [4.78, 5) is 23.9. The molecule has 6 heteroatoms. The van der Waals surface area contributed by atoms with E-state index >= 15 is 0 Å². The monoisotopic (exact) mass is 405 g/mol. The van der Waals surface area contributed by atoms with Crippen LogP contribution in [0.5, 0.6) is 5.75 Å². The number of carbonyl (C=O) groups is 2. The predicted octanol–water partition coefficient (Wildman–Crippen LogP) is 3.64. The molecule has 0 aliphatic carbocycles. The van der Waals surface area contributed by atoms with Gasteiger partial charge in [-0.25, -0.2) is 4.79 Å². The number of esters is 1. The summed E-state index contributed by atoms with van der Waals surface area (Å²) in [6, 6.07) is 16.4. The highest BCUT2D eigenvalue weighted by molar-refractivity contribution is 9.10. The third kappa shape index (κ3) is 6.23. The van der Waals surface area contributed by atoms with E-state index in [1.165, 1.54) is 0 Å². The van der Waals surface area contributed by atoms with E-state index in [4.69, 9.17) is 9.47 Å². The number of nitrogens with one attached hydrogen (secondary N) is 1. The Morgan fingerprint density at radius 3 is 2.32 bits per heavy atom. The third-order valence-corrected chi connectivity index (χ3v) is 4.01. The number of hydrogen-bond acceptors (Lipinski definition) is 4. The van der Waals surface area contributed by atoms with Gasteiger partial charge in [-0.2, -0.15) is 0 Å². The van der Waals surface area contributed by atoms with Crippen molar-refractivity contribution in [2.45, 2.75) is 26.0 Å². The molecule has 0 radical (unpaired) electrons. The Morgan fingerprint density at radius 1 is 1.04 bits per heavy atom. The molecule has 0 saturated carbocycles. The molecule has 0 bridgehead atoms.